The lowest BCUT2D eigenvalue weighted by atomic mass is 9.80. The van der Waals surface area contributed by atoms with Crippen molar-refractivity contribution in [1.82, 2.24) is 0 Å². The number of para-hydroxylation sites is 2. The van der Waals surface area contributed by atoms with Gasteiger partial charge in [0.1, 0.15) is 11.2 Å². The third-order valence-electron chi connectivity index (χ3n) is 14.4. The van der Waals surface area contributed by atoms with E-state index in [1.807, 2.05) is 0 Å². The van der Waals surface area contributed by atoms with Gasteiger partial charge in [0.15, 0.2) is 0 Å². The molecule has 9 aromatic carbocycles. The molecule has 13 rings (SSSR count). The van der Waals surface area contributed by atoms with Crippen LogP contribution in [-0.4, -0.2) is 6.04 Å². The fourth-order valence-electron chi connectivity index (χ4n) is 11.3. The molecular formula is C63H46N2O. The van der Waals surface area contributed by atoms with Gasteiger partial charge < -0.3 is 14.2 Å². The Balaban J connectivity index is 0.976. The summed E-state index contributed by atoms with van der Waals surface area (Å²) in [7, 11) is 0. The summed E-state index contributed by atoms with van der Waals surface area (Å²) in [5.74, 6) is 0. The van der Waals surface area contributed by atoms with Crippen molar-refractivity contribution in [2.45, 2.75) is 31.7 Å². The molecule has 0 bridgehead atoms. The predicted octanol–water partition coefficient (Wildman–Crippen LogP) is 17.2. The molecule has 2 aliphatic carbocycles. The van der Waals surface area contributed by atoms with Gasteiger partial charge in [0.25, 0.3) is 0 Å². The fraction of sp³-hybridized carbons (Fsp3) is 0.0794. The first-order valence-corrected chi connectivity index (χ1v) is 23.1. The standard InChI is InChI=1S/C63H46N2O/c1-63(2)53-25-13-9-22-49(53)50-38-31-44(39-54(50)63)60-61-51-23-11-15-27-56(51)65(57(61)40-59-62(60)52-24-12-16-28-58(52)66-59)47-36-34-46(35-37-47)64(45-32-29-42(30-33-45)41-17-5-3-6-18-41)55-26-14-10-21-48(55)43-19-7-4-8-20-43/h3-26,28-40,56H,27H2,1-2H3. The van der Waals surface area contributed by atoms with E-state index in [1.54, 1.807) is 0 Å². The number of fused-ring (bicyclic) bond motifs is 9. The van der Waals surface area contributed by atoms with Gasteiger partial charge in [-0.2, -0.15) is 0 Å². The number of nitrogens with zero attached hydrogens (tertiary/aromatic N) is 2. The van der Waals surface area contributed by atoms with E-state index in [1.165, 1.54) is 77.8 Å². The molecule has 10 aromatic rings. The van der Waals surface area contributed by atoms with Crippen molar-refractivity contribution in [3.63, 3.8) is 0 Å². The van der Waals surface area contributed by atoms with Gasteiger partial charge in [-0.15, -0.1) is 0 Å². The van der Waals surface area contributed by atoms with Gasteiger partial charge in [0.2, 0.25) is 0 Å². The van der Waals surface area contributed by atoms with Gasteiger partial charge in [-0.3, -0.25) is 0 Å². The maximum absolute atomic E-state index is 6.83. The van der Waals surface area contributed by atoms with Crippen LogP contribution >= 0.6 is 0 Å². The van der Waals surface area contributed by atoms with Crippen LogP contribution < -0.4 is 9.80 Å². The summed E-state index contributed by atoms with van der Waals surface area (Å²) in [6.07, 6.45) is 7.82. The molecule has 1 aromatic heterocycles. The van der Waals surface area contributed by atoms with Crippen molar-refractivity contribution in [3.8, 4) is 44.5 Å². The molecule has 1 unspecified atom stereocenters. The molecule has 1 aliphatic heterocycles. The van der Waals surface area contributed by atoms with Crippen molar-refractivity contribution in [3.05, 3.63) is 241 Å². The van der Waals surface area contributed by atoms with Crippen molar-refractivity contribution in [2.24, 2.45) is 0 Å². The van der Waals surface area contributed by atoms with E-state index < -0.39 is 0 Å². The van der Waals surface area contributed by atoms with Crippen molar-refractivity contribution in [2.75, 3.05) is 9.80 Å². The zero-order valence-electron chi connectivity index (χ0n) is 36.9. The normalized spacial score (nSPS) is 15.3. The van der Waals surface area contributed by atoms with Crippen LogP contribution in [0, 0.1) is 0 Å². The van der Waals surface area contributed by atoms with E-state index in [2.05, 4.69) is 248 Å². The monoisotopic (exact) mass is 846 g/mol. The summed E-state index contributed by atoms with van der Waals surface area (Å²) in [5.41, 5.74) is 22.6. The largest absolute Gasteiger partial charge is 0.456 e. The number of benzene rings is 9. The van der Waals surface area contributed by atoms with Gasteiger partial charge in [-0.05, 0) is 111 Å². The summed E-state index contributed by atoms with van der Waals surface area (Å²) < 4.78 is 6.83. The molecule has 3 nitrogen and oxygen atoms in total. The second kappa shape index (κ2) is 15.0. The van der Waals surface area contributed by atoms with E-state index in [9.17, 15) is 0 Å². The smallest absolute Gasteiger partial charge is 0.138 e. The molecule has 0 spiro atoms. The number of hydrogen-bond acceptors (Lipinski definition) is 3. The summed E-state index contributed by atoms with van der Waals surface area (Å²) in [6, 6.07) is 75.3. The number of furan rings is 1. The lowest BCUT2D eigenvalue weighted by Crippen LogP contribution is -2.27. The SMILES string of the molecule is CC1(C)c2ccccc2-c2ccc(-c3c4c(cc5oc6ccccc6c35)N(c3ccc(N(c5ccc(-c6ccccc6)cc5)c5ccccc5-c5ccccc5)cc3)C3CC=CC=C43)cc21. The van der Waals surface area contributed by atoms with Crippen LogP contribution in [0.1, 0.15) is 37.0 Å². The highest BCUT2D eigenvalue weighted by molar-refractivity contribution is 6.19. The lowest BCUT2D eigenvalue weighted by Gasteiger charge is -2.31. The minimum Gasteiger partial charge on any atom is -0.456 e. The molecular weight excluding hydrogens is 801 g/mol. The van der Waals surface area contributed by atoms with Gasteiger partial charge in [-0.25, -0.2) is 0 Å². The maximum Gasteiger partial charge on any atom is 0.138 e. The van der Waals surface area contributed by atoms with Crippen molar-refractivity contribution >= 4 is 55.9 Å². The van der Waals surface area contributed by atoms with Crippen LogP contribution in [0.3, 0.4) is 0 Å². The highest BCUT2D eigenvalue weighted by Crippen LogP contribution is 2.57. The quantitative estimate of drug-likeness (QED) is 0.159. The minimum atomic E-state index is -0.125. The Morgan fingerprint density at radius 2 is 1.14 bits per heavy atom. The first kappa shape index (κ1) is 38.3. The van der Waals surface area contributed by atoms with Crippen LogP contribution in [0.5, 0.6) is 0 Å². The van der Waals surface area contributed by atoms with Crippen molar-refractivity contribution < 1.29 is 4.42 Å². The zero-order valence-corrected chi connectivity index (χ0v) is 36.9. The maximum atomic E-state index is 6.83. The molecule has 314 valence electrons. The first-order chi connectivity index (χ1) is 32.5. The number of allylic oxidation sites excluding steroid dienone is 2. The van der Waals surface area contributed by atoms with E-state index >= 15 is 0 Å². The highest BCUT2D eigenvalue weighted by atomic mass is 16.3. The molecule has 0 saturated carbocycles. The van der Waals surface area contributed by atoms with Gasteiger partial charge >= 0.3 is 0 Å². The topological polar surface area (TPSA) is 19.6 Å². The Hall–Kier alpha value is -8.14. The fourth-order valence-corrected chi connectivity index (χ4v) is 11.3. The number of hydrogen-bond donors (Lipinski definition) is 0. The Morgan fingerprint density at radius 1 is 0.515 bits per heavy atom. The molecule has 3 aliphatic rings. The van der Waals surface area contributed by atoms with Crippen LogP contribution in [0.15, 0.2) is 229 Å². The summed E-state index contributed by atoms with van der Waals surface area (Å²) >= 11 is 0. The number of anilines is 5. The molecule has 0 saturated heterocycles. The highest BCUT2D eigenvalue weighted by Gasteiger charge is 2.40. The zero-order chi connectivity index (χ0) is 43.9. The number of rotatable bonds is 7. The molecule has 0 amide bonds. The minimum absolute atomic E-state index is 0.125. The average Bonchev–Trinajstić information content (AvgIpc) is 3.99. The van der Waals surface area contributed by atoms with E-state index in [0.29, 0.717) is 0 Å². The van der Waals surface area contributed by atoms with Gasteiger partial charge in [-0.1, -0.05) is 178 Å². The van der Waals surface area contributed by atoms with Crippen LogP contribution in [-0.2, 0) is 5.41 Å². The molecule has 3 heteroatoms. The molecule has 0 radical (unpaired) electrons. The average molecular weight is 847 g/mol. The van der Waals surface area contributed by atoms with Crippen LogP contribution in [0.25, 0.3) is 72.0 Å². The Bertz CT molecular complexity index is 3580. The molecule has 2 heterocycles. The van der Waals surface area contributed by atoms with E-state index in [4.69, 9.17) is 4.42 Å². The first-order valence-electron chi connectivity index (χ1n) is 23.1. The Labute approximate surface area is 385 Å². The molecule has 66 heavy (non-hydrogen) atoms. The molecule has 0 fully saturated rings. The van der Waals surface area contributed by atoms with Crippen LogP contribution in [0.2, 0.25) is 0 Å². The molecule has 1 atom stereocenters. The van der Waals surface area contributed by atoms with Gasteiger partial charge in [0, 0.05) is 56.0 Å². The van der Waals surface area contributed by atoms with E-state index in [-0.39, 0.29) is 11.5 Å². The summed E-state index contributed by atoms with van der Waals surface area (Å²) in [4.78, 5) is 4.96. The Kier molecular flexibility index (Phi) is 8.69. The molecule has 0 N–H and O–H groups in total. The third-order valence-corrected chi connectivity index (χ3v) is 14.4. The lowest BCUT2D eigenvalue weighted by molar-refractivity contribution is 0.660. The van der Waals surface area contributed by atoms with Crippen LogP contribution in [0.4, 0.5) is 28.4 Å². The third kappa shape index (κ3) is 5.90. The van der Waals surface area contributed by atoms with Crippen molar-refractivity contribution in [1.29, 1.82) is 0 Å². The summed E-state index contributed by atoms with van der Waals surface area (Å²) in [6.45, 7) is 4.74. The predicted molar refractivity (Wildman–Crippen MR) is 276 cm³/mol. The second-order valence-electron chi connectivity index (χ2n) is 18.4. The van der Waals surface area contributed by atoms with E-state index in [0.717, 1.165) is 45.7 Å². The van der Waals surface area contributed by atoms with Gasteiger partial charge in [0.05, 0.1) is 17.4 Å². The Morgan fingerprint density at radius 3 is 1.92 bits per heavy atom. The summed E-state index contributed by atoms with van der Waals surface area (Å²) in [5, 5.41) is 2.32. The second-order valence-corrected chi connectivity index (χ2v) is 18.4.